The summed E-state index contributed by atoms with van der Waals surface area (Å²) in [7, 11) is 0. The van der Waals surface area contributed by atoms with Crippen molar-refractivity contribution >= 4 is 23.2 Å². The molecule has 3 rings (SSSR count). The van der Waals surface area contributed by atoms with E-state index in [2.05, 4.69) is 20.6 Å². The number of amides is 1. The van der Waals surface area contributed by atoms with Crippen LogP contribution in [0.3, 0.4) is 0 Å². The quantitative estimate of drug-likeness (QED) is 0.651. The summed E-state index contributed by atoms with van der Waals surface area (Å²) in [5, 5.41) is 5.99. The lowest BCUT2D eigenvalue weighted by Crippen LogP contribution is -2.27. The van der Waals surface area contributed by atoms with E-state index in [1.165, 1.54) is 19.3 Å². The zero-order valence-corrected chi connectivity index (χ0v) is 15.1. The number of carbonyl (C=O) groups excluding carboxylic acids is 2. The number of hydrogen-bond donors (Lipinski definition) is 2. The summed E-state index contributed by atoms with van der Waals surface area (Å²) in [6, 6.07) is 16.7. The summed E-state index contributed by atoms with van der Waals surface area (Å²) in [6.07, 6.45) is 2.93. The number of nitrogens with zero attached hydrogens (tertiary/aromatic N) is 2. The van der Waals surface area contributed by atoms with Crippen LogP contribution < -0.4 is 10.6 Å². The molecule has 0 fully saturated rings. The Balaban J connectivity index is 1.62. The third-order valence-corrected chi connectivity index (χ3v) is 4.10. The minimum atomic E-state index is -0.281. The van der Waals surface area contributed by atoms with Crippen molar-refractivity contribution in [2.75, 3.05) is 5.32 Å². The molecule has 0 spiro atoms. The maximum atomic E-state index is 12.3. The molecule has 0 aliphatic carbocycles. The number of anilines is 2. The van der Waals surface area contributed by atoms with Gasteiger partial charge in [0, 0.05) is 11.3 Å². The molecule has 1 heterocycles. The zero-order valence-electron chi connectivity index (χ0n) is 15.1. The molecule has 0 saturated carbocycles. The number of carbonyl (C=O) groups is 2. The summed E-state index contributed by atoms with van der Waals surface area (Å²) in [5.41, 5.74) is 2.69. The van der Waals surface area contributed by atoms with Crippen molar-refractivity contribution in [1.29, 1.82) is 0 Å². The van der Waals surface area contributed by atoms with Crippen LogP contribution in [0.4, 0.5) is 11.5 Å². The first-order chi connectivity index (χ1) is 13.0. The number of benzene rings is 2. The Morgan fingerprint density at radius 1 is 0.926 bits per heavy atom. The molecule has 1 unspecified atom stereocenters. The first-order valence-electron chi connectivity index (χ1n) is 8.59. The molecule has 0 saturated heterocycles. The van der Waals surface area contributed by atoms with E-state index in [0.717, 1.165) is 11.3 Å². The van der Waals surface area contributed by atoms with Crippen LogP contribution in [-0.2, 0) is 0 Å². The molecule has 0 aliphatic rings. The predicted molar refractivity (Wildman–Crippen MR) is 104 cm³/mol. The van der Waals surface area contributed by atoms with Crippen molar-refractivity contribution in [3.8, 4) is 0 Å². The van der Waals surface area contributed by atoms with Gasteiger partial charge in [0.2, 0.25) is 0 Å². The second kappa shape index (κ2) is 8.23. The van der Waals surface area contributed by atoms with Gasteiger partial charge in [-0.1, -0.05) is 30.3 Å². The third-order valence-electron chi connectivity index (χ3n) is 4.10. The predicted octanol–water partition coefficient (Wildman–Crippen LogP) is 3.91. The molecule has 0 aliphatic heterocycles. The molecule has 0 bridgehead atoms. The number of ketones is 1. The van der Waals surface area contributed by atoms with Gasteiger partial charge < -0.3 is 10.6 Å². The molecular formula is C21H20N4O2. The van der Waals surface area contributed by atoms with Crippen molar-refractivity contribution in [3.05, 3.63) is 83.8 Å². The van der Waals surface area contributed by atoms with Gasteiger partial charge in [-0.25, -0.2) is 9.97 Å². The van der Waals surface area contributed by atoms with Crippen LogP contribution in [-0.4, -0.2) is 21.7 Å². The molecule has 6 nitrogen and oxygen atoms in total. The Morgan fingerprint density at radius 3 is 2.22 bits per heavy atom. The highest BCUT2D eigenvalue weighted by Crippen LogP contribution is 2.16. The lowest BCUT2D eigenvalue weighted by Gasteiger charge is -2.14. The largest absolute Gasteiger partial charge is 0.344 e. The van der Waals surface area contributed by atoms with Crippen molar-refractivity contribution in [1.82, 2.24) is 15.3 Å². The summed E-state index contributed by atoms with van der Waals surface area (Å²) in [5.74, 6) is 0.246. The van der Waals surface area contributed by atoms with Gasteiger partial charge in [-0.15, -0.1) is 0 Å². The van der Waals surface area contributed by atoms with Crippen LogP contribution in [0.5, 0.6) is 0 Å². The zero-order chi connectivity index (χ0) is 19.2. The Bertz CT molecular complexity index is 923. The average Bonchev–Trinajstić information content (AvgIpc) is 2.69. The first-order valence-corrected chi connectivity index (χ1v) is 8.59. The standard InChI is InChI=1S/C21H20N4O2/c1-14(16-6-4-3-5-7-16)24-21(27)19-12-23-20(13-22-19)25-18-10-8-17(9-11-18)15(2)26/h3-14H,1-2H3,(H,23,25)(H,24,27). The first kappa shape index (κ1) is 18.3. The fraction of sp³-hybridized carbons (Fsp3) is 0.143. The van der Waals surface area contributed by atoms with Crippen LogP contribution in [0.2, 0.25) is 0 Å². The van der Waals surface area contributed by atoms with E-state index < -0.39 is 0 Å². The van der Waals surface area contributed by atoms with Gasteiger partial charge in [-0.2, -0.15) is 0 Å². The van der Waals surface area contributed by atoms with Crippen LogP contribution in [0.15, 0.2) is 67.0 Å². The van der Waals surface area contributed by atoms with Gasteiger partial charge in [-0.05, 0) is 43.7 Å². The Kier molecular flexibility index (Phi) is 5.56. The summed E-state index contributed by atoms with van der Waals surface area (Å²) >= 11 is 0. The summed E-state index contributed by atoms with van der Waals surface area (Å²) in [6.45, 7) is 3.44. The molecule has 136 valence electrons. The van der Waals surface area contributed by atoms with Crippen molar-refractivity contribution < 1.29 is 9.59 Å². The molecule has 3 aromatic rings. The third kappa shape index (κ3) is 4.76. The van der Waals surface area contributed by atoms with Crippen LogP contribution in [0, 0.1) is 0 Å². The van der Waals surface area contributed by atoms with Crippen LogP contribution >= 0.6 is 0 Å². The van der Waals surface area contributed by atoms with Crippen LogP contribution in [0.25, 0.3) is 0 Å². The second-order valence-electron chi connectivity index (χ2n) is 6.15. The summed E-state index contributed by atoms with van der Waals surface area (Å²) in [4.78, 5) is 32.0. The highest BCUT2D eigenvalue weighted by molar-refractivity contribution is 5.94. The van der Waals surface area contributed by atoms with Gasteiger partial charge in [0.1, 0.15) is 11.5 Å². The van der Waals surface area contributed by atoms with Crippen molar-refractivity contribution in [2.45, 2.75) is 19.9 Å². The fourth-order valence-electron chi connectivity index (χ4n) is 2.54. The molecule has 1 aromatic heterocycles. The van der Waals surface area contributed by atoms with E-state index in [1.54, 1.807) is 24.3 Å². The molecule has 2 N–H and O–H groups in total. The lowest BCUT2D eigenvalue weighted by atomic mass is 10.1. The molecule has 1 atom stereocenters. The van der Waals surface area contributed by atoms with Crippen molar-refractivity contribution in [3.63, 3.8) is 0 Å². The normalized spacial score (nSPS) is 11.5. The fourth-order valence-corrected chi connectivity index (χ4v) is 2.54. The van der Waals surface area contributed by atoms with E-state index in [-0.39, 0.29) is 23.4 Å². The monoisotopic (exact) mass is 360 g/mol. The molecule has 2 aromatic carbocycles. The van der Waals surface area contributed by atoms with E-state index in [4.69, 9.17) is 0 Å². The summed E-state index contributed by atoms with van der Waals surface area (Å²) < 4.78 is 0. The molecular weight excluding hydrogens is 340 g/mol. The smallest absolute Gasteiger partial charge is 0.271 e. The second-order valence-corrected chi connectivity index (χ2v) is 6.15. The molecule has 0 radical (unpaired) electrons. The van der Waals surface area contributed by atoms with Crippen molar-refractivity contribution in [2.24, 2.45) is 0 Å². The van der Waals surface area contributed by atoms with E-state index in [1.807, 2.05) is 37.3 Å². The Labute approximate surface area is 157 Å². The SMILES string of the molecule is CC(=O)c1ccc(Nc2cnc(C(=O)NC(C)c3ccccc3)cn2)cc1. The number of hydrogen-bond acceptors (Lipinski definition) is 5. The number of aromatic nitrogens is 2. The Hall–Kier alpha value is -3.54. The number of Topliss-reactive ketones (excluding diaryl/α,β-unsaturated/α-hetero) is 1. The molecule has 6 heteroatoms. The van der Waals surface area contributed by atoms with Gasteiger partial charge in [0.05, 0.1) is 18.4 Å². The minimum absolute atomic E-state index is 0.0152. The topological polar surface area (TPSA) is 84.0 Å². The number of nitrogens with one attached hydrogen (secondary N) is 2. The number of rotatable bonds is 6. The highest BCUT2D eigenvalue weighted by Gasteiger charge is 2.13. The van der Waals surface area contributed by atoms with Gasteiger partial charge in [-0.3, -0.25) is 9.59 Å². The maximum Gasteiger partial charge on any atom is 0.271 e. The maximum absolute atomic E-state index is 12.3. The van der Waals surface area contributed by atoms with Gasteiger partial charge >= 0.3 is 0 Å². The van der Waals surface area contributed by atoms with Crippen LogP contribution in [0.1, 0.15) is 46.3 Å². The van der Waals surface area contributed by atoms with E-state index >= 15 is 0 Å². The lowest BCUT2D eigenvalue weighted by molar-refractivity contribution is 0.0933. The van der Waals surface area contributed by atoms with Gasteiger partial charge in [0.25, 0.3) is 5.91 Å². The minimum Gasteiger partial charge on any atom is -0.344 e. The Morgan fingerprint density at radius 2 is 1.63 bits per heavy atom. The van der Waals surface area contributed by atoms with Gasteiger partial charge in [0.15, 0.2) is 5.78 Å². The molecule has 27 heavy (non-hydrogen) atoms. The van der Waals surface area contributed by atoms with E-state index in [9.17, 15) is 9.59 Å². The molecule has 1 amide bonds. The highest BCUT2D eigenvalue weighted by atomic mass is 16.2. The average molecular weight is 360 g/mol. The van der Waals surface area contributed by atoms with E-state index in [0.29, 0.717) is 11.4 Å².